The molecule has 0 aliphatic heterocycles. The van der Waals surface area contributed by atoms with Crippen LogP contribution in [0.5, 0.6) is 17.2 Å². The third kappa shape index (κ3) is 3.92. The lowest BCUT2D eigenvalue weighted by Gasteiger charge is -2.05. The Kier molecular flexibility index (Phi) is 4.45. The molecule has 2 rings (SSSR count). The van der Waals surface area contributed by atoms with E-state index in [0.717, 1.165) is 11.1 Å². The average molecular weight is 268 g/mol. The minimum atomic E-state index is 0.150. The van der Waals surface area contributed by atoms with E-state index < -0.39 is 0 Å². The molecule has 2 aromatic rings. The van der Waals surface area contributed by atoms with Crippen LogP contribution in [-0.4, -0.2) is 16.8 Å². The molecule has 20 heavy (non-hydrogen) atoms. The Morgan fingerprint density at radius 3 is 2.30 bits per heavy atom. The van der Waals surface area contributed by atoms with Gasteiger partial charge in [0.15, 0.2) is 0 Å². The van der Waals surface area contributed by atoms with E-state index in [1.807, 2.05) is 30.4 Å². The van der Waals surface area contributed by atoms with E-state index in [4.69, 9.17) is 4.74 Å². The third-order valence-corrected chi connectivity index (χ3v) is 2.64. The summed E-state index contributed by atoms with van der Waals surface area (Å²) in [5, 5.41) is 18.9. The maximum Gasteiger partial charge on any atom is 0.124 e. The molecule has 0 radical (unpaired) electrons. The van der Waals surface area contributed by atoms with Gasteiger partial charge in [-0.25, -0.2) is 0 Å². The molecule has 0 unspecified atom stereocenters. The smallest absolute Gasteiger partial charge is 0.124 e. The van der Waals surface area contributed by atoms with Crippen LogP contribution in [-0.2, 0) is 0 Å². The summed E-state index contributed by atoms with van der Waals surface area (Å²) in [6.45, 7) is 3.98. The predicted molar refractivity (Wildman–Crippen MR) is 80.8 cm³/mol. The van der Waals surface area contributed by atoms with Crippen molar-refractivity contribution in [1.82, 2.24) is 0 Å². The van der Waals surface area contributed by atoms with E-state index in [-0.39, 0.29) is 11.5 Å². The largest absolute Gasteiger partial charge is 0.508 e. The summed E-state index contributed by atoms with van der Waals surface area (Å²) in [5.74, 6) is 0.979. The molecule has 0 aliphatic rings. The van der Waals surface area contributed by atoms with Crippen LogP contribution in [0.25, 0.3) is 12.2 Å². The van der Waals surface area contributed by atoms with Gasteiger partial charge in [0, 0.05) is 6.07 Å². The van der Waals surface area contributed by atoms with E-state index in [9.17, 15) is 10.2 Å². The molecule has 3 heteroatoms. The van der Waals surface area contributed by atoms with Gasteiger partial charge in [-0.3, -0.25) is 0 Å². The molecule has 0 atom stereocenters. The summed E-state index contributed by atoms with van der Waals surface area (Å²) in [4.78, 5) is 0. The SMILES string of the molecule is C=CCOc1cc(O)cc(C=Cc2ccc(O)cc2)c1. The van der Waals surface area contributed by atoms with Gasteiger partial charge >= 0.3 is 0 Å². The van der Waals surface area contributed by atoms with Crippen molar-refractivity contribution in [2.75, 3.05) is 6.61 Å². The van der Waals surface area contributed by atoms with E-state index in [0.29, 0.717) is 12.4 Å². The van der Waals surface area contributed by atoms with Gasteiger partial charge in [-0.1, -0.05) is 36.9 Å². The van der Waals surface area contributed by atoms with Gasteiger partial charge in [-0.2, -0.15) is 0 Å². The quantitative estimate of drug-likeness (QED) is 0.640. The van der Waals surface area contributed by atoms with Crippen molar-refractivity contribution in [2.24, 2.45) is 0 Å². The van der Waals surface area contributed by atoms with Gasteiger partial charge in [0.05, 0.1) is 0 Å². The summed E-state index contributed by atoms with van der Waals surface area (Å²) < 4.78 is 5.40. The highest BCUT2D eigenvalue weighted by Gasteiger charge is 1.99. The Balaban J connectivity index is 2.17. The van der Waals surface area contributed by atoms with E-state index >= 15 is 0 Å². The summed E-state index contributed by atoms with van der Waals surface area (Å²) in [6.07, 6.45) is 5.41. The van der Waals surface area contributed by atoms with Crippen LogP contribution in [0.1, 0.15) is 11.1 Å². The standard InChI is InChI=1S/C17H16O3/c1-2-9-20-17-11-14(10-16(19)12-17)4-3-13-5-7-15(18)8-6-13/h2-8,10-12,18-19H,1,9H2. The molecule has 3 nitrogen and oxygen atoms in total. The van der Waals surface area contributed by atoms with Gasteiger partial charge < -0.3 is 14.9 Å². The predicted octanol–water partition coefficient (Wildman–Crippen LogP) is 3.83. The first kappa shape index (κ1) is 13.7. The second-order valence-corrected chi connectivity index (χ2v) is 4.28. The van der Waals surface area contributed by atoms with Gasteiger partial charge in [-0.05, 0) is 35.4 Å². The fourth-order valence-electron chi connectivity index (χ4n) is 1.72. The molecule has 2 N–H and O–H groups in total. The first-order valence-corrected chi connectivity index (χ1v) is 6.22. The van der Waals surface area contributed by atoms with Crippen LogP contribution < -0.4 is 4.74 Å². The minimum absolute atomic E-state index is 0.150. The normalized spacial score (nSPS) is 10.6. The molecule has 0 fully saturated rings. The van der Waals surface area contributed by atoms with E-state index in [1.54, 1.807) is 30.3 Å². The van der Waals surface area contributed by atoms with Crippen molar-refractivity contribution in [3.8, 4) is 17.2 Å². The molecule has 0 saturated carbocycles. The highest BCUT2D eigenvalue weighted by molar-refractivity contribution is 5.71. The number of ether oxygens (including phenoxy) is 1. The molecule has 0 bridgehead atoms. The average Bonchev–Trinajstić information content (AvgIpc) is 2.44. The fraction of sp³-hybridized carbons (Fsp3) is 0.0588. The molecule has 0 heterocycles. The van der Waals surface area contributed by atoms with E-state index in [1.165, 1.54) is 0 Å². The molecule has 102 valence electrons. The van der Waals surface area contributed by atoms with Crippen LogP contribution >= 0.6 is 0 Å². The minimum Gasteiger partial charge on any atom is -0.508 e. The topological polar surface area (TPSA) is 49.7 Å². The second-order valence-electron chi connectivity index (χ2n) is 4.28. The molecular weight excluding hydrogens is 252 g/mol. The van der Waals surface area contributed by atoms with Crippen molar-refractivity contribution < 1.29 is 14.9 Å². The Labute approximate surface area is 118 Å². The first-order chi connectivity index (χ1) is 9.67. The lowest BCUT2D eigenvalue weighted by atomic mass is 10.1. The monoisotopic (exact) mass is 268 g/mol. The van der Waals surface area contributed by atoms with Crippen LogP contribution in [0.15, 0.2) is 55.1 Å². The first-order valence-electron chi connectivity index (χ1n) is 6.22. The fourth-order valence-corrected chi connectivity index (χ4v) is 1.72. The highest BCUT2D eigenvalue weighted by atomic mass is 16.5. The molecule has 0 saturated heterocycles. The lowest BCUT2D eigenvalue weighted by molar-refractivity contribution is 0.360. The number of hydrogen-bond donors (Lipinski definition) is 2. The zero-order valence-corrected chi connectivity index (χ0v) is 11.0. The van der Waals surface area contributed by atoms with Crippen molar-refractivity contribution in [2.45, 2.75) is 0 Å². The van der Waals surface area contributed by atoms with Crippen molar-refractivity contribution in [1.29, 1.82) is 0 Å². The maximum absolute atomic E-state index is 9.65. The third-order valence-electron chi connectivity index (χ3n) is 2.64. The summed E-state index contributed by atoms with van der Waals surface area (Å²) in [6, 6.07) is 11.9. The zero-order valence-electron chi connectivity index (χ0n) is 11.0. The van der Waals surface area contributed by atoms with Crippen molar-refractivity contribution in [3.63, 3.8) is 0 Å². The van der Waals surface area contributed by atoms with Gasteiger partial charge in [0.2, 0.25) is 0 Å². The molecule has 0 amide bonds. The number of hydrogen-bond acceptors (Lipinski definition) is 3. The molecular formula is C17H16O3. The molecule has 0 aliphatic carbocycles. The number of phenolic OH excluding ortho intramolecular Hbond substituents is 2. The van der Waals surface area contributed by atoms with Crippen LogP contribution in [0.2, 0.25) is 0 Å². The molecule has 2 aromatic carbocycles. The summed E-state index contributed by atoms with van der Waals surface area (Å²) in [7, 11) is 0. The zero-order chi connectivity index (χ0) is 14.4. The maximum atomic E-state index is 9.65. The molecule has 0 spiro atoms. The van der Waals surface area contributed by atoms with Crippen LogP contribution in [0.3, 0.4) is 0 Å². The Morgan fingerprint density at radius 1 is 0.900 bits per heavy atom. The van der Waals surface area contributed by atoms with E-state index in [2.05, 4.69) is 6.58 Å². The van der Waals surface area contributed by atoms with Crippen LogP contribution in [0, 0.1) is 0 Å². The van der Waals surface area contributed by atoms with Gasteiger partial charge in [0.1, 0.15) is 23.9 Å². The van der Waals surface area contributed by atoms with Gasteiger partial charge in [0.25, 0.3) is 0 Å². The van der Waals surface area contributed by atoms with Crippen molar-refractivity contribution >= 4 is 12.2 Å². The van der Waals surface area contributed by atoms with Crippen molar-refractivity contribution in [3.05, 3.63) is 66.2 Å². The van der Waals surface area contributed by atoms with Crippen LogP contribution in [0.4, 0.5) is 0 Å². The summed E-state index contributed by atoms with van der Waals surface area (Å²) >= 11 is 0. The highest BCUT2D eigenvalue weighted by Crippen LogP contribution is 2.23. The number of benzene rings is 2. The second kappa shape index (κ2) is 6.48. The summed E-state index contributed by atoms with van der Waals surface area (Å²) in [5.41, 5.74) is 1.79. The Morgan fingerprint density at radius 2 is 1.60 bits per heavy atom. The lowest BCUT2D eigenvalue weighted by Crippen LogP contribution is -1.92. The molecule has 0 aromatic heterocycles. The Bertz CT molecular complexity index is 613. The Hall–Kier alpha value is -2.68. The van der Waals surface area contributed by atoms with Gasteiger partial charge in [-0.15, -0.1) is 0 Å². The number of phenols is 2. The number of rotatable bonds is 5. The number of aromatic hydroxyl groups is 2.